The van der Waals surface area contributed by atoms with Crippen molar-refractivity contribution >= 4 is 59.2 Å². The molecule has 0 saturated heterocycles. The molecule has 2 heterocycles. The summed E-state index contributed by atoms with van der Waals surface area (Å²) in [5.74, 6) is 0.0673. The summed E-state index contributed by atoms with van der Waals surface area (Å²) >= 11 is 1.86. The van der Waals surface area contributed by atoms with Crippen LogP contribution in [0.15, 0.2) is 133 Å². The number of nitrogens with two attached hydrogens (primary N) is 1. The van der Waals surface area contributed by atoms with Gasteiger partial charge < -0.3 is 10.3 Å². The molecule has 194 valence electrons. The van der Waals surface area contributed by atoms with E-state index in [1.54, 1.807) is 0 Å². The molecule has 0 fully saturated rings. The summed E-state index contributed by atoms with van der Waals surface area (Å²) in [4.78, 5) is 0. The van der Waals surface area contributed by atoms with Gasteiger partial charge in [0, 0.05) is 42.2 Å². The number of nitrogens with zero attached hydrogens (tertiary/aromatic N) is 1. The van der Waals surface area contributed by atoms with Crippen molar-refractivity contribution in [3.8, 4) is 27.9 Å². The highest BCUT2D eigenvalue weighted by atomic mass is 32.1. The summed E-state index contributed by atoms with van der Waals surface area (Å²) in [7, 11) is 0. The Kier molecular flexibility index (Phi) is 5.31. The van der Waals surface area contributed by atoms with E-state index in [9.17, 15) is 0 Å². The van der Waals surface area contributed by atoms with Crippen LogP contribution in [0.5, 0.6) is 0 Å². The molecule has 0 amide bonds. The average Bonchev–Trinajstić information content (AvgIpc) is 3.56. The van der Waals surface area contributed by atoms with E-state index in [1.165, 1.54) is 53.2 Å². The van der Waals surface area contributed by atoms with Crippen LogP contribution >= 0.6 is 11.3 Å². The largest absolute Gasteiger partial charge is 0.384 e. The molecule has 6 aromatic carbocycles. The third-order valence-corrected chi connectivity index (χ3v) is 9.22. The van der Waals surface area contributed by atoms with Crippen LogP contribution in [0.2, 0.25) is 0 Å². The highest BCUT2D eigenvalue weighted by Gasteiger charge is 2.17. The molecule has 8 aromatic rings. The monoisotopic (exact) mass is 543 g/mol. The number of nitrogen functional groups attached to an aromatic ring is 1. The van der Waals surface area contributed by atoms with Crippen LogP contribution in [0.3, 0.4) is 0 Å². The van der Waals surface area contributed by atoms with Gasteiger partial charge in [0.2, 0.25) is 0 Å². The zero-order valence-corrected chi connectivity index (χ0v) is 23.0. The van der Waals surface area contributed by atoms with Crippen molar-refractivity contribution in [1.82, 2.24) is 4.57 Å². The van der Waals surface area contributed by atoms with E-state index in [-0.39, 0.29) is 5.84 Å². The van der Waals surface area contributed by atoms with Crippen LogP contribution in [0, 0.1) is 5.41 Å². The fourth-order valence-corrected chi connectivity index (χ4v) is 7.30. The van der Waals surface area contributed by atoms with E-state index < -0.39 is 0 Å². The van der Waals surface area contributed by atoms with Crippen molar-refractivity contribution in [3.63, 3.8) is 0 Å². The lowest BCUT2D eigenvalue weighted by Crippen LogP contribution is -2.11. The van der Waals surface area contributed by atoms with Gasteiger partial charge in [0.15, 0.2) is 0 Å². The lowest BCUT2D eigenvalue weighted by Gasteiger charge is -2.10. The third kappa shape index (κ3) is 3.76. The van der Waals surface area contributed by atoms with E-state index in [0.29, 0.717) is 5.56 Å². The quantitative estimate of drug-likeness (QED) is 0.168. The summed E-state index contributed by atoms with van der Waals surface area (Å²) < 4.78 is 4.91. The van der Waals surface area contributed by atoms with Gasteiger partial charge in [0.25, 0.3) is 0 Å². The maximum absolute atomic E-state index is 8.01. The van der Waals surface area contributed by atoms with Crippen LogP contribution in [0.25, 0.3) is 69.9 Å². The van der Waals surface area contributed by atoms with Crippen LogP contribution in [-0.4, -0.2) is 10.4 Å². The third-order valence-electron chi connectivity index (χ3n) is 8.00. The minimum absolute atomic E-state index is 0.0673. The van der Waals surface area contributed by atoms with Gasteiger partial charge in [-0.15, -0.1) is 11.3 Å². The number of aromatic nitrogens is 1. The Hall–Kier alpha value is -5.19. The zero-order valence-electron chi connectivity index (χ0n) is 22.1. The van der Waals surface area contributed by atoms with E-state index in [2.05, 4.69) is 120 Å². The van der Waals surface area contributed by atoms with Crippen LogP contribution in [0.1, 0.15) is 5.56 Å². The molecule has 0 aliphatic rings. The number of hydrogen-bond acceptors (Lipinski definition) is 2. The fraction of sp³-hybridized carbons (Fsp3) is 0. The first-order chi connectivity index (χ1) is 20.2. The molecule has 0 atom stereocenters. The molecular weight excluding hydrogens is 518 g/mol. The maximum Gasteiger partial charge on any atom is 0.122 e. The molecule has 0 aliphatic carbocycles. The Balaban J connectivity index is 1.42. The summed E-state index contributed by atoms with van der Waals surface area (Å²) in [5.41, 5.74) is 14.7. The molecular formula is C37H25N3S. The number of rotatable bonds is 4. The molecule has 41 heavy (non-hydrogen) atoms. The zero-order chi connectivity index (χ0) is 27.5. The molecule has 3 nitrogen and oxygen atoms in total. The molecule has 0 bridgehead atoms. The van der Waals surface area contributed by atoms with Crippen LogP contribution in [0.4, 0.5) is 0 Å². The highest BCUT2D eigenvalue weighted by molar-refractivity contribution is 7.26. The Morgan fingerprint density at radius 1 is 0.561 bits per heavy atom. The number of fused-ring (bicyclic) bond motifs is 6. The minimum atomic E-state index is 0.0673. The molecule has 2 aromatic heterocycles. The van der Waals surface area contributed by atoms with E-state index >= 15 is 0 Å². The van der Waals surface area contributed by atoms with Gasteiger partial charge in [-0.3, -0.25) is 5.41 Å². The molecule has 0 saturated carbocycles. The number of hydrogen-bond donors (Lipinski definition) is 2. The first-order valence-corrected chi connectivity index (χ1v) is 14.5. The van der Waals surface area contributed by atoms with Gasteiger partial charge in [-0.1, -0.05) is 91.0 Å². The summed E-state index contributed by atoms with van der Waals surface area (Å²) in [5, 5.41) is 13.0. The summed E-state index contributed by atoms with van der Waals surface area (Å²) in [6, 6.07) is 47.3. The number of thiophene rings is 1. The predicted octanol–water partition coefficient (Wildman–Crippen LogP) is 9.77. The molecule has 3 N–H and O–H groups in total. The highest BCUT2D eigenvalue weighted by Crippen LogP contribution is 2.42. The molecule has 4 heteroatoms. The predicted molar refractivity (Wildman–Crippen MR) is 176 cm³/mol. The smallest absolute Gasteiger partial charge is 0.122 e. The number of nitrogens with one attached hydrogen (secondary N) is 1. The van der Waals surface area contributed by atoms with E-state index in [1.807, 2.05) is 29.5 Å². The first kappa shape index (κ1) is 23.7. The summed E-state index contributed by atoms with van der Waals surface area (Å²) in [6.07, 6.45) is 0. The van der Waals surface area contributed by atoms with Crippen LogP contribution < -0.4 is 5.73 Å². The van der Waals surface area contributed by atoms with Gasteiger partial charge in [-0.05, 0) is 64.7 Å². The van der Waals surface area contributed by atoms with Crippen LogP contribution in [-0.2, 0) is 0 Å². The second kappa shape index (κ2) is 9.19. The standard InChI is InChI=1S/C37H25N3S/c38-37(39)26-10-6-11-27(20-26)40-33-18-16-24(23-8-2-1-3-9-23)21-31(33)32-22-25(17-19-34(32)40)28-13-7-14-30-29-12-4-5-15-35(29)41-36(28)30/h1-22H,(H3,38,39). The summed E-state index contributed by atoms with van der Waals surface area (Å²) in [6.45, 7) is 0. The molecule has 0 unspecified atom stereocenters. The maximum atomic E-state index is 8.01. The Morgan fingerprint density at radius 3 is 2.05 bits per heavy atom. The number of benzene rings is 6. The SMILES string of the molecule is N=C(N)c1cccc(-n2c3ccc(-c4ccccc4)cc3c3cc(-c4cccc5c4sc4ccccc45)ccc32)c1. The molecule has 8 rings (SSSR count). The fourth-order valence-electron chi connectivity index (χ4n) is 6.07. The lowest BCUT2D eigenvalue weighted by atomic mass is 9.99. The van der Waals surface area contributed by atoms with Crippen molar-refractivity contribution in [2.24, 2.45) is 5.73 Å². The Morgan fingerprint density at radius 2 is 1.24 bits per heavy atom. The van der Waals surface area contributed by atoms with Gasteiger partial charge in [0.05, 0.1) is 11.0 Å². The van der Waals surface area contributed by atoms with Gasteiger partial charge in [-0.25, -0.2) is 0 Å². The Bertz CT molecular complexity index is 2290. The normalized spacial score (nSPS) is 11.6. The van der Waals surface area contributed by atoms with E-state index in [4.69, 9.17) is 11.1 Å². The van der Waals surface area contributed by atoms with E-state index in [0.717, 1.165) is 16.7 Å². The minimum Gasteiger partial charge on any atom is -0.384 e. The van der Waals surface area contributed by atoms with Gasteiger partial charge in [0.1, 0.15) is 5.84 Å². The van der Waals surface area contributed by atoms with Crippen molar-refractivity contribution in [2.75, 3.05) is 0 Å². The first-order valence-electron chi connectivity index (χ1n) is 13.6. The van der Waals surface area contributed by atoms with Gasteiger partial charge >= 0.3 is 0 Å². The second-order valence-corrected chi connectivity index (χ2v) is 11.5. The molecule has 0 aliphatic heterocycles. The van der Waals surface area contributed by atoms with Crippen molar-refractivity contribution < 1.29 is 0 Å². The lowest BCUT2D eigenvalue weighted by molar-refractivity contribution is 1.18. The number of amidine groups is 1. The van der Waals surface area contributed by atoms with Crippen molar-refractivity contribution in [1.29, 1.82) is 5.41 Å². The van der Waals surface area contributed by atoms with Gasteiger partial charge in [-0.2, -0.15) is 0 Å². The van der Waals surface area contributed by atoms with Crippen molar-refractivity contribution in [2.45, 2.75) is 0 Å². The molecule has 0 spiro atoms. The second-order valence-electron chi connectivity index (χ2n) is 10.4. The molecule has 0 radical (unpaired) electrons. The van der Waals surface area contributed by atoms with Crippen molar-refractivity contribution in [3.05, 3.63) is 139 Å². The topological polar surface area (TPSA) is 54.8 Å². The Labute approximate surface area is 241 Å². The average molecular weight is 544 g/mol.